The van der Waals surface area contributed by atoms with Gasteiger partial charge in [0.25, 0.3) is 5.92 Å². The second kappa shape index (κ2) is 8.29. The number of benzene rings is 1. The lowest BCUT2D eigenvalue weighted by molar-refractivity contribution is -0.118. The Kier molecular flexibility index (Phi) is 7.36. The topological polar surface area (TPSA) is 35.5 Å². The van der Waals surface area contributed by atoms with E-state index in [1.165, 1.54) is 0 Å². The molecule has 0 saturated carbocycles. The molecule has 1 heterocycles. The molecule has 0 amide bonds. The third-order valence-electron chi connectivity index (χ3n) is 3.56. The molecule has 0 radical (unpaired) electrons. The van der Waals surface area contributed by atoms with Gasteiger partial charge >= 0.3 is 0 Å². The predicted molar refractivity (Wildman–Crippen MR) is 84.7 cm³/mol. The highest BCUT2D eigenvalue weighted by molar-refractivity contribution is 7.98. The minimum atomic E-state index is -3.14. The van der Waals surface area contributed by atoms with Crippen LogP contribution in [0.15, 0.2) is 29.2 Å². The zero-order chi connectivity index (χ0) is 14.6. The van der Waals surface area contributed by atoms with Crippen molar-refractivity contribution in [2.45, 2.75) is 16.9 Å². The van der Waals surface area contributed by atoms with E-state index in [1.807, 2.05) is 18.4 Å². The van der Waals surface area contributed by atoms with Gasteiger partial charge in [0.05, 0.1) is 0 Å². The Morgan fingerprint density at radius 3 is 2.33 bits per heavy atom. The van der Waals surface area contributed by atoms with Crippen molar-refractivity contribution in [2.75, 3.05) is 39.0 Å². The van der Waals surface area contributed by atoms with Crippen LogP contribution in [0.4, 0.5) is 8.78 Å². The van der Waals surface area contributed by atoms with Crippen molar-refractivity contribution >= 4 is 24.2 Å². The number of aliphatic hydroxyl groups is 1. The molecule has 0 aromatic heterocycles. The number of nitrogens with one attached hydrogen (secondary N) is 1. The molecule has 1 aromatic rings. The molecule has 1 aromatic carbocycles. The number of hydrogen-bond acceptors (Lipinski definition) is 4. The minimum Gasteiger partial charge on any atom is -0.390 e. The number of piperazine rings is 1. The van der Waals surface area contributed by atoms with Crippen LogP contribution in [-0.2, 0) is 0 Å². The molecule has 0 aliphatic carbocycles. The number of hydrogen-bond donors (Lipinski definition) is 2. The smallest absolute Gasteiger partial charge is 0.289 e. The summed E-state index contributed by atoms with van der Waals surface area (Å²) in [6.45, 7) is 1.38. The molecular formula is C14H21ClF2N2OS. The minimum absolute atomic E-state index is 0. The molecule has 1 fully saturated rings. The Bertz CT molecular complexity index is 427. The maximum atomic E-state index is 14.2. The van der Waals surface area contributed by atoms with Crippen molar-refractivity contribution in [1.29, 1.82) is 0 Å². The van der Waals surface area contributed by atoms with Crippen LogP contribution in [-0.4, -0.2) is 55.0 Å². The first-order valence-corrected chi connectivity index (χ1v) is 7.88. The standard InChI is InChI=1S/C14H20F2N2OS.ClH/c1-20-12-4-2-11(3-5-12)13(14(15,16)10-19)18-8-6-17-7-9-18;/h2-5,13,17,19H,6-10H2,1H3;1H/t13-;/m0./s1. The number of alkyl halides is 2. The van der Waals surface area contributed by atoms with Gasteiger partial charge in [-0.15, -0.1) is 24.2 Å². The Hall–Kier alpha value is -0.400. The number of rotatable bonds is 5. The Balaban J connectivity index is 0.00000220. The fourth-order valence-corrected chi connectivity index (χ4v) is 2.94. The largest absolute Gasteiger partial charge is 0.390 e. The van der Waals surface area contributed by atoms with E-state index in [1.54, 1.807) is 28.8 Å². The molecule has 1 atom stereocenters. The van der Waals surface area contributed by atoms with Gasteiger partial charge in [0.1, 0.15) is 12.6 Å². The van der Waals surface area contributed by atoms with E-state index >= 15 is 0 Å². The molecule has 21 heavy (non-hydrogen) atoms. The number of nitrogens with zero attached hydrogens (tertiary/aromatic N) is 1. The normalized spacial score (nSPS) is 18.1. The van der Waals surface area contributed by atoms with Crippen LogP contribution < -0.4 is 5.32 Å². The first-order valence-electron chi connectivity index (χ1n) is 6.66. The molecule has 1 aliphatic heterocycles. The average Bonchev–Trinajstić information content (AvgIpc) is 2.49. The summed E-state index contributed by atoms with van der Waals surface area (Å²) in [5.74, 6) is -3.14. The van der Waals surface area contributed by atoms with E-state index in [9.17, 15) is 8.78 Å². The van der Waals surface area contributed by atoms with E-state index < -0.39 is 18.6 Å². The van der Waals surface area contributed by atoms with Crippen molar-refractivity contribution < 1.29 is 13.9 Å². The lowest BCUT2D eigenvalue weighted by Gasteiger charge is -2.38. The Labute approximate surface area is 134 Å². The summed E-state index contributed by atoms with van der Waals surface area (Å²) < 4.78 is 28.3. The van der Waals surface area contributed by atoms with E-state index in [0.29, 0.717) is 31.7 Å². The zero-order valence-corrected chi connectivity index (χ0v) is 13.5. The predicted octanol–water partition coefficient (Wildman–Crippen LogP) is 2.40. The molecule has 120 valence electrons. The van der Waals surface area contributed by atoms with Gasteiger partial charge in [0.2, 0.25) is 0 Å². The zero-order valence-electron chi connectivity index (χ0n) is 11.9. The van der Waals surface area contributed by atoms with Gasteiger partial charge in [-0.2, -0.15) is 0 Å². The van der Waals surface area contributed by atoms with Gasteiger partial charge < -0.3 is 10.4 Å². The highest BCUT2D eigenvalue weighted by atomic mass is 35.5. The summed E-state index contributed by atoms with van der Waals surface area (Å²) in [5.41, 5.74) is 0.559. The first kappa shape index (κ1) is 18.6. The molecule has 1 saturated heterocycles. The number of thioether (sulfide) groups is 1. The quantitative estimate of drug-likeness (QED) is 0.808. The highest BCUT2D eigenvalue weighted by Crippen LogP contribution is 2.36. The van der Waals surface area contributed by atoms with Gasteiger partial charge in [-0.05, 0) is 24.0 Å². The lowest BCUT2D eigenvalue weighted by atomic mass is 9.98. The van der Waals surface area contributed by atoms with Gasteiger partial charge in [0.15, 0.2) is 0 Å². The van der Waals surface area contributed by atoms with Crippen LogP contribution in [0.5, 0.6) is 0 Å². The van der Waals surface area contributed by atoms with Crippen LogP contribution in [0.25, 0.3) is 0 Å². The Morgan fingerprint density at radius 1 is 1.29 bits per heavy atom. The molecule has 0 bridgehead atoms. The maximum Gasteiger partial charge on any atom is 0.289 e. The van der Waals surface area contributed by atoms with Crippen LogP contribution in [0.1, 0.15) is 11.6 Å². The van der Waals surface area contributed by atoms with Crippen molar-refractivity contribution in [3.8, 4) is 0 Å². The summed E-state index contributed by atoms with van der Waals surface area (Å²) >= 11 is 1.58. The van der Waals surface area contributed by atoms with E-state index in [-0.39, 0.29) is 12.4 Å². The van der Waals surface area contributed by atoms with E-state index in [2.05, 4.69) is 5.32 Å². The SMILES string of the molecule is CSc1ccc([C@H](N2CCNCC2)C(F)(F)CO)cc1.Cl. The Morgan fingerprint density at radius 2 is 1.86 bits per heavy atom. The second-order valence-corrected chi connectivity index (χ2v) is 5.76. The van der Waals surface area contributed by atoms with Crippen LogP contribution in [0, 0.1) is 0 Å². The van der Waals surface area contributed by atoms with E-state index in [0.717, 1.165) is 4.90 Å². The average molecular weight is 339 g/mol. The lowest BCUT2D eigenvalue weighted by Crippen LogP contribution is -2.51. The second-order valence-electron chi connectivity index (χ2n) is 4.88. The number of aliphatic hydroxyl groups excluding tert-OH is 1. The molecule has 3 nitrogen and oxygen atoms in total. The van der Waals surface area contributed by atoms with Crippen molar-refractivity contribution in [3.63, 3.8) is 0 Å². The fraction of sp³-hybridized carbons (Fsp3) is 0.571. The van der Waals surface area contributed by atoms with Crippen LogP contribution in [0.2, 0.25) is 0 Å². The van der Waals surface area contributed by atoms with E-state index in [4.69, 9.17) is 5.11 Å². The molecule has 1 aliphatic rings. The molecular weight excluding hydrogens is 318 g/mol. The summed E-state index contributed by atoms with van der Waals surface area (Å²) in [4.78, 5) is 2.79. The summed E-state index contributed by atoms with van der Waals surface area (Å²) in [5, 5.41) is 12.2. The monoisotopic (exact) mass is 338 g/mol. The maximum absolute atomic E-state index is 14.2. The van der Waals surface area contributed by atoms with Crippen LogP contribution in [0.3, 0.4) is 0 Å². The molecule has 0 spiro atoms. The molecule has 2 N–H and O–H groups in total. The molecule has 2 rings (SSSR count). The molecule has 7 heteroatoms. The first-order chi connectivity index (χ1) is 9.58. The summed E-state index contributed by atoms with van der Waals surface area (Å²) in [7, 11) is 0. The van der Waals surface area contributed by atoms with Crippen molar-refractivity contribution in [3.05, 3.63) is 29.8 Å². The van der Waals surface area contributed by atoms with Crippen LogP contribution >= 0.6 is 24.2 Å². The number of halogens is 3. The van der Waals surface area contributed by atoms with Crippen molar-refractivity contribution in [1.82, 2.24) is 10.2 Å². The fourth-order valence-electron chi connectivity index (χ4n) is 2.53. The summed E-state index contributed by atoms with van der Waals surface area (Å²) in [6, 6.07) is 6.11. The van der Waals surface area contributed by atoms with Gasteiger partial charge in [0, 0.05) is 31.1 Å². The van der Waals surface area contributed by atoms with Gasteiger partial charge in [-0.25, -0.2) is 8.78 Å². The van der Waals surface area contributed by atoms with Crippen molar-refractivity contribution in [2.24, 2.45) is 0 Å². The highest BCUT2D eigenvalue weighted by Gasteiger charge is 2.43. The molecule has 0 unspecified atom stereocenters. The summed E-state index contributed by atoms with van der Waals surface area (Å²) in [6.07, 6.45) is 1.95. The third-order valence-corrected chi connectivity index (χ3v) is 4.30. The van der Waals surface area contributed by atoms with Gasteiger partial charge in [-0.3, -0.25) is 4.90 Å². The van der Waals surface area contributed by atoms with Gasteiger partial charge in [-0.1, -0.05) is 12.1 Å². The third kappa shape index (κ3) is 4.53.